The Morgan fingerprint density at radius 3 is 2.93 bits per heavy atom. The standard InChI is InChI=1S/C11H12N2S/c1-9-4-2-3-5-10(9)8-14-11-12-6-7-13-11/h2-7H,8H2,1H3,(H,12,13). The van der Waals surface area contributed by atoms with Crippen molar-refractivity contribution < 1.29 is 0 Å². The molecule has 72 valence electrons. The lowest BCUT2D eigenvalue weighted by Gasteiger charge is -2.02. The Kier molecular flexibility index (Phi) is 2.89. The van der Waals surface area contributed by atoms with Crippen molar-refractivity contribution in [2.45, 2.75) is 17.8 Å². The van der Waals surface area contributed by atoms with Crippen LogP contribution in [-0.2, 0) is 5.75 Å². The second-order valence-corrected chi connectivity index (χ2v) is 4.07. The minimum Gasteiger partial charge on any atom is -0.340 e. The van der Waals surface area contributed by atoms with Gasteiger partial charge in [0.25, 0.3) is 0 Å². The third-order valence-corrected chi connectivity index (χ3v) is 3.05. The first-order chi connectivity index (χ1) is 6.86. The molecule has 0 aliphatic carbocycles. The van der Waals surface area contributed by atoms with Crippen molar-refractivity contribution >= 4 is 11.8 Å². The number of hydrogen-bond donors (Lipinski definition) is 1. The lowest BCUT2D eigenvalue weighted by molar-refractivity contribution is 1.06. The zero-order valence-corrected chi connectivity index (χ0v) is 8.84. The minimum atomic E-state index is 0.972. The summed E-state index contributed by atoms with van der Waals surface area (Å²) in [5, 5.41) is 0.980. The van der Waals surface area contributed by atoms with Crippen LogP contribution in [0.2, 0.25) is 0 Å². The smallest absolute Gasteiger partial charge is 0.165 e. The van der Waals surface area contributed by atoms with Crippen molar-refractivity contribution in [1.82, 2.24) is 9.97 Å². The number of rotatable bonds is 3. The van der Waals surface area contributed by atoms with Crippen LogP contribution in [0.25, 0.3) is 0 Å². The summed E-state index contributed by atoms with van der Waals surface area (Å²) in [6, 6.07) is 8.44. The van der Waals surface area contributed by atoms with Crippen LogP contribution in [0.3, 0.4) is 0 Å². The number of nitrogens with one attached hydrogen (secondary N) is 1. The van der Waals surface area contributed by atoms with Gasteiger partial charge in [-0.15, -0.1) is 0 Å². The van der Waals surface area contributed by atoms with Gasteiger partial charge in [-0.1, -0.05) is 36.0 Å². The Morgan fingerprint density at radius 2 is 2.21 bits per heavy atom. The fourth-order valence-corrected chi connectivity index (χ4v) is 2.15. The molecule has 1 N–H and O–H groups in total. The summed E-state index contributed by atoms with van der Waals surface area (Å²) in [7, 11) is 0. The van der Waals surface area contributed by atoms with Crippen molar-refractivity contribution in [3.8, 4) is 0 Å². The van der Waals surface area contributed by atoms with Crippen molar-refractivity contribution in [2.75, 3.05) is 0 Å². The number of benzene rings is 1. The van der Waals surface area contributed by atoms with E-state index in [9.17, 15) is 0 Å². The summed E-state index contributed by atoms with van der Waals surface area (Å²) >= 11 is 1.73. The number of aromatic nitrogens is 2. The molecule has 0 aliphatic rings. The van der Waals surface area contributed by atoms with Crippen molar-refractivity contribution in [2.24, 2.45) is 0 Å². The molecule has 0 saturated carbocycles. The van der Waals surface area contributed by atoms with E-state index in [1.807, 2.05) is 6.20 Å². The summed E-state index contributed by atoms with van der Waals surface area (Å²) in [6.07, 6.45) is 3.63. The molecule has 2 rings (SSSR count). The van der Waals surface area contributed by atoms with Gasteiger partial charge in [0.15, 0.2) is 5.16 Å². The molecule has 2 aromatic rings. The van der Waals surface area contributed by atoms with Crippen molar-refractivity contribution in [1.29, 1.82) is 0 Å². The highest BCUT2D eigenvalue weighted by molar-refractivity contribution is 7.98. The molecule has 2 nitrogen and oxygen atoms in total. The van der Waals surface area contributed by atoms with Crippen LogP contribution in [0.4, 0.5) is 0 Å². The molecule has 0 fully saturated rings. The van der Waals surface area contributed by atoms with Gasteiger partial charge in [0.05, 0.1) is 0 Å². The van der Waals surface area contributed by atoms with Gasteiger partial charge in [-0.2, -0.15) is 0 Å². The highest BCUT2D eigenvalue weighted by Gasteiger charge is 1.99. The summed E-state index contributed by atoms with van der Waals surface area (Å²) in [4.78, 5) is 7.25. The quantitative estimate of drug-likeness (QED) is 0.778. The van der Waals surface area contributed by atoms with Gasteiger partial charge in [-0.25, -0.2) is 4.98 Å². The lowest BCUT2D eigenvalue weighted by Crippen LogP contribution is -1.85. The van der Waals surface area contributed by atoms with Crippen LogP contribution in [0, 0.1) is 6.92 Å². The second kappa shape index (κ2) is 4.33. The first kappa shape index (κ1) is 9.34. The topological polar surface area (TPSA) is 28.7 Å². The molecule has 0 unspecified atom stereocenters. The van der Waals surface area contributed by atoms with E-state index in [0.29, 0.717) is 0 Å². The average molecular weight is 204 g/mol. The van der Waals surface area contributed by atoms with E-state index in [-0.39, 0.29) is 0 Å². The van der Waals surface area contributed by atoms with Crippen LogP contribution < -0.4 is 0 Å². The Balaban J connectivity index is 2.02. The van der Waals surface area contributed by atoms with Gasteiger partial charge in [-0.3, -0.25) is 0 Å². The van der Waals surface area contributed by atoms with E-state index in [2.05, 4.69) is 41.2 Å². The van der Waals surface area contributed by atoms with E-state index < -0.39 is 0 Å². The summed E-state index contributed by atoms with van der Waals surface area (Å²) in [5.41, 5.74) is 2.71. The van der Waals surface area contributed by atoms with Crippen LogP contribution >= 0.6 is 11.8 Å². The van der Waals surface area contributed by atoms with E-state index in [0.717, 1.165) is 10.9 Å². The molecule has 0 aliphatic heterocycles. The molecule has 3 heteroatoms. The van der Waals surface area contributed by atoms with E-state index >= 15 is 0 Å². The van der Waals surface area contributed by atoms with E-state index in [1.165, 1.54) is 11.1 Å². The Hall–Kier alpha value is -1.22. The maximum atomic E-state index is 4.17. The monoisotopic (exact) mass is 204 g/mol. The fourth-order valence-electron chi connectivity index (χ4n) is 1.25. The fraction of sp³-hybridized carbons (Fsp3) is 0.182. The minimum absolute atomic E-state index is 0.972. The zero-order chi connectivity index (χ0) is 9.80. The molecule has 0 radical (unpaired) electrons. The second-order valence-electron chi connectivity index (χ2n) is 3.11. The van der Waals surface area contributed by atoms with Crippen LogP contribution in [-0.4, -0.2) is 9.97 Å². The molecule has 1 aromatic carbocycles. The molecule has 0 amide bonds. The molecular weight excluding hydrogens is 192 g/mol. The van der Waals surface area contributed by atoms with Crippen LogP contribution in [0.1, 0.15) is 11.1 Å². The maximum absolute atomic E-state index is 4.17. The maximum Gasteiger partial charge on any atom is 0.165 e. The number of hydrogen-bond acceptors (Lipinski definition) is 2. The third-order valence-electron chi connectivity index (χ3n) is 2.10. The number of aryl methyl sites for hydroxylation is 1. The molecule has 1 heterocycles. The lowest BCUT2D eigenvalue weighted by atomic mass is 10.1. The van der Waals surface area contributed by atoms with Crippen LogP contribution in [0.5, 0.6) is 0 Å². The first-order valence-electron chi connectivity index (χ1n) is 4.53. The molecule has 0 saturated heterocycles. The van der Waals surface area contributed by atoms with Gasteiger partial charge in [-0.05, 0) is 18.1 Å². The predicted molar refractivity (Wildman–Crippen MR) is 59.3 cm³/mol. The van der Waals surface area contributed by atoms with Crippen molar-refractivity contribution in [3.05, 3.63) is 47.8 Å². The number of aromatic amines is 1. The number of H-pyrrole nitrogens is 1. The first-order valence-corrected chi connectivity index (χ1v) is 5.51. The van der Waals surface area contributed by atoms with Crippen molar-refractivity contribution in [3.63, 3.8) is 0 Å². The largest absolute Gasteiger partial charge is 0.340 e. The van der Waals surface area contributed by atoms with Gasteiger partial charge >= 0.3 is 0 Å². The summed E-state index contributed by atoms with van der Waals surface area (Å²) in [6.45, 7) is 2.14. The predicted octanol–water partition coefficient (Wildman–Crippen LogP) is 3.01. The van der Waals surface area contributed by atoms with Gasteiger partial charge < -0.3 is 4.98 Å². The van der Waals surface area contributed by atoms with Gasteiger partial charge in [0.1, 0.15) is 0 Å². The SMILES string of the molecule is Cc1ccccc1CSc1ncc[nH]1. The Labute approximate surface area is 87.8 Å². The van der Waals surface area contributed by atoms with E-state index in [1.54, 1.807) is 18.0 Å². The Morgan fingerprint density at radius 1 is 1.36 bits per heavy atom. The molecule has 0 spiro atoms. The molecular formula is C11H12N2S. The highest BCUT2D eigenvalue weighted by atomic mass is 32.2. The Bertz CT molecular complexity index is 395. The zero-order valence-electron chi connectivity index (χ0n) is 8.03. The number of thioether (sulfide) groups is 1. The summed E-state index contributed by atoms with van der Waals surface area (Å²) in [5.74, 6) is 0.972. The average Bonchev–Trinajstić information content (AvgIpc) is 2.69. The highest BCUT2D eigenvalue weighted by Crippen LogP contribution is 2.20. The van der Waals surface area contributed by atoms with Gasteiger partial charge in [0, 0.05) is 18.1 Å². The normalized spacial score (nSPS) is 10.4. The third kappa shape index (κ3) is 2.17. The molecule has 14 heavy (non-hydrogen) atoms. The van der Waals surface area contributed by atoms with Gasteiger partial charge in [0.2, 0.25) is 0 Å². The summed E-state index contributed by atoms with van der Waals surface area (Å²) < 4.78 is 0. The molecule has 0 atom stereocenters. The van der Waals surface area contributed by atoms with E-state index in [4.69, 9.17) is 0 Å². The molecule has 0 bridgehead atoms. The molecule has 1 aromatic heterocycles. The number of imidazole rings is 1. The van der Waals surface area contributed by atoms with Crippen LogP contribution in [0.15, 0.2) is 41.8 Å². The number of nitrogens with zero attached hydrogens (tertiary/aromatic N) is 1.